The average Bonchev–Trinajstić information content (AvgIpc) is 4.05. The van der Waals surface area contributed by atoms with Crippen LogP contribution in [0.4, 0.5) is 17.3 Å². The Hall–Kier alpha value is -5.90. The molecule has 1 unspecified atom stereocenters. The Morgan fingerprint density at radius 2 is 1.61 bits per heavy atom. The van der Waals surface area contributed by atoms with Crippen LogP contribution in [0, 0.1) is 11.8 Å². The minimum atomic E-state index is -0.688. The van der Waals surface area contributed by atoms with Gasteiger partial charge in [0.15, 0.2) is 5.82 Å². The van der Waals surface area contributed by atoms with Crippen LogP contribution in [0.2, 0.25) is 0 Å². The number of nitrogens with one attached hydrogen (secondary N) is 2. The van der Waals surface area contributed by atoms with Crippen molar-refractivity contribution < 1.29 is 24.0 Å². The molecule has 7 fully saturated rings. The van der Waals surface area contributed by atoms with Gasteiger partial charge in [0.2, 0.25) is 29.5 Å². The lowest BCUT2D eigenvalue weighted by molar-refractivity contribution is -0.144. The third kappa shape index (κ3) is 8.82. The third-order valence-electron chi connectivity index (χ3n) is 17.9. The highest BCUT2D eigenvalue weighted by atomic mass is 16.2. The van der Waals surface area contributed by atoms with Crippen molar-refractivity contribution in [2.24, 2.45) is 11.8 Å². The maximum atomic E-state index is 15.3. The highest BCUT2D eigenvalue weighted by Crippen LogP contribution is 2.52. The van der Waals surface area contributed by atoms with E-state index in [0.29, 0.717) is 70.4 Å². The fraction of sp³-hybridized carbons (Fsp3) is 0.607. The number of amides is 5. The van der Waals surface area contributed by atoms with Crippen LogP contribution >= 0.6 is 0 Å². The molecule has 2 atom stereocenters. The number of imide groups is 1. The van der Waals surface area contributed by atoms with Crippen LogP contribution < -0.4 is 20.4 Å². The molecule has 1 aromatic carbocycles. The number of carbonyl (C=O) groups excluding carboxylic acids is 5. The first-order valence-corrected chi connectivity index (χ1v) is 27.5. The van der Waals surface area contributed by atoms with E-state index in [1.165, 1.54) is 19.3 Å². The van der Waals surface area contributed by atoms with Crippen molar-refractivity contribution in [3.8, 4) is 11.3 Å². The van der Waals surface area contributed by atoms with Crippen molar-refractivity contribution in [2.75, 3.05) is 67.5 Å². The van der Waals surface area contributed by atoms with Crippen molar-refractivity contribution in [1.29, 1.82) is 0 Å². The van der Waals surface area contributed by atoms with Crippen LogP contribution in [-0.4, -0.2) is 134 Å². The Balaban J connectivity index is 0.702. The summed E-state index contributed by atoms with van der Waals surface area (Å²) in [5.41, 5.74) is 6.02. The Labute approximate surface area is 422 Å². The molecule has 0 bridgehead atoms. The number of pyridine rings is 2. The zero-order valence-corrected chi connectivity index (χ0v) is 42.2. The van der Waals surface area contributed by atoms with Crippen molar-refractivity contribution in [2.45, 2.75) is 152 Å². The fourth-order valence-corrected chi connectivity index (χ4v) is 13.4. The normalized spacial score (nSPS) is 26.1. The Morgan fingerprint density at radius 3 is 2.33 bits per heavy atom. The van der Waals surface area contributed by atoms with E-state index in [1.807, 2.05) is 28.3 Å². The van der Waals surface area contributed by atoms with E-state index in [-0.39, 0.29) is 59.4 Å². The van der Waals surface area contributed by atoms with Gasteiger partial charge in [0, 0.05) is 93.7 Å². The molecule has 5 saturated heterocycles. The summed E-state index contributed by atoms with van der Waals surface area (Å²) < 4.78 is 2.20. The second kappa shape index (κ2) is 19.2. The topological polar surface area (TPSA) is 169 Å². The number of carbonyl (C=O) groups is 5. The van der Waals surface area contributed by atoms with Crippen LogP contribution in [0.25, 0.3) is 22.3 Å². The van der Waals surface area contributed by atoms with Gasteiger partial charge in [-0.25, -0.2) is 15.0 Å². The summed E-state index contributed by atoms with van der Waals surface area (Å²) in [5.74, 6) is 1.36. The molecule has 16 heteroatoms. The van der Waals surface area contributed by atoms with Gasteiger partial charge in [-0.3, -0.25) is 29.3 Å². The standard InChI is InChI=1S/C56H71N11O5/c1-35(2)66-34-58-46-31-45(60-52(51(46)66)59-40-10-11-40)37-8-13-44-47(28-37)67(42-29-41(30-42)62-20-4-3-5-21-62)55(72)56(44)18-25-64(26-19-56)54(71)39-7-6-22-65(33-39)50(69)27-36-16-23-63(24-17-36)48-14-9-38(32-57-48)43-12-15-49(68)61-53(43)70/h8-9,13-14,28,31-32,34-36,39-43H,3-7,10-12,15-27,29-30,33H2,1-2H3,(H,59,60)(H,61,68,70)/t39-,41-,42+,43?/m1/s1. The summed E-state index contributed by atoms with van der Waals surface area (Å²) in [7, 11) is 0. The van der Waals surface area contributed by atoms with Crippen molar-refractivity contribution in [1.82, 2.24) is 39.5 Å². The second-order valence-corrected chi connectivity index (χ2v) is 22.8. The molecule has 72 heavy (non-hydrogen) atoms. The van der Waals surface area contributed by atoms with Crippen LogP contribution in [-0.2, 0) is 29.4 Å². The zero-order chi connectivity index (χ0) is 49.3. The summed E-state index contributed by atoms with van der Waals surface area (Å²) in [4.78, 5) is 93.3. The summed E-state index contributed by atoms with van der Waals surface area (Å²) in [6.07, 6.45) is 17.6. The molecule has 2 aliphatic carbocycles. The van der Waals surface area contributed by atoms with Gasteiger partial charge in [0.05, 0.1) is 34.8 Å². The SMILES string of the molecule is CC(C)n1cnc2cc(-c3ccc4c(c3)N([C@H]3C[C@@H](N5CCCCC5)C3)C(=O)C43CCN(C(=O)[C@@H]4CCCN(C(=O)CC5CCN(c6ccc(C7CCC(=O)NC7=O)cn6)CC5)C4)CC3)nc(NC3CC3)c21. The fourth-order valence-electron chi connectivity index (χ4n) is 13.4. The number of anilines is 3. The molecule has 16 nitrogen and oxygen atoms in total. The molecule has 9 heterocycles. The number of fused-ring (bicyclic) bond motifs is 3. The molecular weight excluding hydrogens is 907 g/mol. The molecule has 2 saturated carbocycles. The van der Waals surface area contributed by atoms with E-state index in [0.717, 1.165) is 128 Å². The number of likely N-dealkylation sites (tertiary alicyclic amines) is 3. The highest BCUT2D eigenvalue weighted by molar-refractivity contribution is 6.09. The van der Waals surface area contributed by atoms with Crippen LogP contribution in [0.15, 0.2) is 48.9 Å². The highest BCUT2D eigenvalue weighted by Gasteiger charge is 2.56. The summed E-state index contributed by atoms with van der Waals surface area (Å²) in [6, 6.07) is 13.9. The first kappa shape index (κ1) is 47.1. The van der Waals surface area contributed by atoms with Gasteiger partial charge < -0.3 is 34.4 Å². The predicted molar refractivity (Wildman–Crippen MR) is 275 cm³/mol. The zero-order valence-electron chi connectivity index (χ0n) is 42.2. The summed E-state index contributed by atoms with van der Waals surface area (Å²) in [6.45, 7) is 10.4. The number of benzene rings is 1. The number of rotatable bonds is 11. The quantitative estimate of drug-likeness (QED) is 0.150. The molecule has 8 aliphatic rings. The molecule has 3 aromatic heterocycles. The van der Waals surface area contributed by atoms with E-state index in [2.05, 4.69) is 73.0 Å². The van der Waals surface area contributed by atoms with Gasteiger partial charge in [-0.05, 0) is 146 Å². The number of imidazole rings is 1. The van der Waals surface area contributed by atoms with Crippen molar-refractivity contribution >= 4 is 57.9 Å². The minimum absolute atomic E-state index is 0.116. The van der Waals surface area contributed by atoms with Crippen LogP contribution in [0.1, 0.15) is 140 Å². The van der Waals surface area contributed by atoms with Crippen LogP contribution in [0.3, 0.4) is 0 Å². The molecule has 0 radical (unpaired) electrons. The largest absolute Gasteiger partial charge is 0.366 e. The number of aromatic nitrogens is 4. The third-order valence-corrected chi connectivity index (χ3v) is 17.9. The number of nitrogens with zero attached hydrogens (tertiary/aromatic N) is 9. The molecule has 1 spiro atoms. The van der Waals surface area contributed by atoms with Gasteiger partial charge in [-0.1, -0.05) is 24.6 Å². The van der Waals surface area contributed by atoms with E-state index in [4.69, 9.17) is 9.97 Å². The lowest BCUT2D eigenvalue weighted by Crippen LogP contribution is -2.58. The lowest BCUT2D eigenvalue weighted by Gasteiger charge is -2.48. The van der Waals surface area contributed by atoms with E-state index < -0.39 is 5.41 Å². The monoisotopic (exact) mass is 978 g/mol. The number of hydrogen-bond acceptors (Lipinski definition) is 11. The van der Waals surface area contributed by atoms with Crippen molar-refractivity contribution in [3.05, 3.63) is 60.0 Å². The predicted octanol–water partition coefficient (Wildman–Crippen LogP) is 6.94. The first-order valence-electron chi connectivity index (χ1n) is 27.5. The lowest BCUT2D eigenvalue weighted by atomic mass is 9.73. The summed E-state index contributed by atoms with van der Waals surface area (Å²) in [5, 5.41) is 6.14. The molecule has 4 aromatic rings. The molecule has 2 N–H and O–H groups in total. The minimum Gasteiger partial charge on any atom is -0.366 e. The van der Waals surface area contributed by atoms with E-state index >= 15 is 4.79 Å². The molecule has 5 amide bonds. The van der Waals surface area contributed by atoms with Gasteiger partial charge in [0.25, 0.3) is 0 Å². The average molecular weight is 978 g/mol. The van der Waals surface area contributed by atoms with Gasteiger partial charge in [0.1, 0.15) is 11.3 Å². The van der Waals surface area contributed by atoms with Crippen molar-refractivity contribution in [3.63, 3.8) is 0 Å². The second-order valence-electron chi connectivity index (χ2n) is 22.8. The Kier molecular flexibility index (Phi) is 12.6. The molecule has 6 aliphatic heterocycles. The van der Waals surface area contributed by atoms with Gasteiger partial charge in [-0.15, -0.1) is 0 Å². The first-order chi connectivity index (χ1) is 35.0. The molecule has 12 rings (SSSR count). The van der Waals surface area contributed by atoms with E-state index in [9.17, 15) is 19.2 Å². The van der Waals surface area contributed by atoms with Gasteiger partial charge >= 0.3 is 0 Å². The maximum Gasteiger partial charge on any atom is 0.238 e. The van der Waals surface area contributed by atoms with Gasteiger partial charge in [-0.2, -0.15) is 0 Å². The Morgan fingerprint density at radius 1 is 0.819 bits per heavy atom. The molecule has 380 valence electrons. The number of piperidine rings is 5. The Bertz CT molecular complexity index is 2740. The smallest absolute Gasteiger partial charge is 0.238 e. The maximum absolute atomic E-state index is 15.3. The molecular formula is C56H71N11O5. The van der Waals surface area contributed by atoms with E-state index in [1.54, 1.807) is 6.20 Å². The van der Waals surface area contributed by atoms with Crippen LogP contribution in [0.5, 0.6) is 0 Å². The number of hydrogen-bond donors (Lipinski definition) is 2. The summed E-state index contributed by atoms with van der Waals surface area (Å²) >= 11 is 0.